The Bertz CT molecular complexity index is 354. The lowest BCUT2D eigenvalue weighted by Gasteiger charge is -1.88. The summed E-state index contributed by atoms with van der Waals surface area (Å²) in [6.45, 7) is 3.59. The maximum atomic E-state index is 3.59. The molecule has 0 aliphatic heterocycles. The van der Waals surface area contributed by atoms with Crippen molar-refractivity contribution in [1.29, 1.82) is 0 Å². The first-order valence-electron chi connectivity index (χ1n) is 5.59. The van der Waals surface area contributed by atoms with Gasteiger partial charge in [-0.25, -0.2) is 0 Å². The van der Waals surface area contributed by atoms with Crippen LogP contribution < -0.4 is 0 Å². The summed E-state index contributed by atoms with van der Waals surface area (Å²) in [7, 11) is 0. The minimum Gasteiger partial charge on any atom is -0.0991 e. The van der Waals surface area contributed by atoms with Crippen LogP contribution in [0.5, 0.6) is 0 Å². The Morgan fingerprint density at radius 3 is 2.00 bits per heavy atom. The van der Waals surface area contributed by atoms with Crippen molar-refractivity contribution in [1.82, 2.24) is 0 Å². The van der Waals surface area contributed by atoms with Crippen LogP contribution in [0, 0.1) is 0 Å². The molecule has 0 unspecified atom stereocenters. The van der Waals surface area contributed by atoms with Crippen LogP contribution in [0.4, 0.5) is 0 Å². The first kappa shape index (κ1) is 12.3. The van der Waals surface area contributed by atoms with Gasteiger partial charge in [0.15, 0.2) is 0 Å². The molecule has 1 aliphatic rings. The van der Waals surface area contributed by atoms with Crippen molar-refractivity contribution in [3.05, 3.63) is 78.9 Å². The maximum Gasteiger partial charge on any atom is -0.0257 e. The van der Waals surface area contributed by atoms with Crippen molar-refractivity contribution >= 4 is 6.08 Å². The van der Waals surface area contributed by atoms with E-state index >= 15 is 0 Å². The largest absolute Gasteiger partial charge is 0.0991 e. The first-order chi connectivity index (χ1) is 7.93. The first-order valence-corrected chi connectivity index (χ1v) is 5.59. The highest BCUT2D eigenvalue weighted by atomic mass is 13.8. The van der Waals surface area contributed by atoms with E-state index in [1.54, 1.807) is 6.08 Å². The fraction of sp³-hybridized carbons (Fsp3) is 0.125. The van der Waals surface area contributed by atoms with E-state index in [0.29, 0.717) is 0 Å². The molecule has 0 atom stereocenters. The number of rotatable bonds is 2. The molecule has 0 radical (unpaired) electrons. The van der Waals surface area contributed by atoms with Crippen molar-refractivity contribution in [2.24, 2.45) is 0 Å². The highest BCUT2D eigenvalue weighted by Gasteiger charge is 1.78. The minimum absolute atomic E-state index is 1.21. The van der Waals surface area contributed by atoms with Gasteiger partial charge in [-0.05, 0) is 18.4 Å². The molecule has 0 aromatic heterocycles. The van der Waals surface area contributed by atoms with Gasteiger partial charge in [0, 0.05) is 0 Å². The van der Waals surface area contributed by atoms with Gasteiger partial charge in [-0.1, -0.05) is 79.4 Å². The average molecular weight is 210 g/mol. The van der Waals surface area contributed by atoms with Crippen LogP contribution in [0.15, 0.2) is 73.4 Å². The molecule has 0 heteroatoms. The fourth-order valence-corrected chi connectivity index (χ4v) is 1.29. The lowest BCUT2D eigenvalue weighted by Crippen LogP contribution is -1.67. The molecule has 0 heterocycles. The molecule has 2 rings (SSSR count). The zero-order chi connectivity index (χ0) is 11.5. The van der Waals surface area contributed by atoms with Crippen molar-refractivity contribution in [2.45, 2.75) is 12.8 Å². The van der Waals surface area contributed by atoms with Crippen molar-refractivity contribution in [3.8, 4) is 0 Å². The van der Waals surface area contributed by atoms with Gasteiger partial charge >= 0.3 is 0 Å². The van der Waals surface area contributed by atoms with Gasteiger partial charge in [-0.2, -0.15) is 0 Å². The van der Waals surface area contributed by atoms with Gasteiger partial charge in [0.05, 0.1) is 0 Å². The highest BCUT2D eigenvalue weighted by Crippen LogP contribution is 2.00. The molecular formula is C16H18. The van der Waals surface area contributed by atoms with Crippen molar-refractivity contribution in [2.75, 3.05) is 0 Å². The van der Waals surface area contributed by atoms with Gasteiger partial charge in [0.25, 0.3) is 0 Å². The van der Waals surface area contributed by atoms with E-state index < -0.39 is 0 Å². The predicted molar refractivity (Wildman–Crippen MR) is 73.2 cm³/mol. The second-order valence-corrected chi connectivity index (χ2v) is 3.44. The minimum atomic E-state index is 1.21. The third-order valence-corrected chi connectivity index (χ3v) is 2.11. The second-order valence-electron chi connectivity index (χ2n) is 3.44. The van der Waals surface area contributed by atoms with Crippen LogP contribution in [0.3, 0.4) is 0 Å². The summed E-state index contributed by atoms with van der Waals surface area (Å²) in [6, 6.07) is 10.1. The summed E-state index contributed by atoms with van der Waals surface area (Å²) in [5.74, 6) is 0. The number of hydrogen-bond donors (Lipinski definition) is 0. The normalized spacial score (nSPS) is 13.2. The molecule has 0 saturated heterocycles. The van der Waals surface area contributed by atoms with Crippen molar-refractivity contribution in [3.63, 3.8) is 0 Å². The quantitative estimate of drug-likeness (QED) is 0.616. The summed E-state index contributed by atoms with van der Waals surface area (Å²) < 4.78 is 0. The summed E-state index contributed by atoms with van der Waals surface area (Å²) in [5.41, 5.74) is 1.21. The molecule has 0 spiro atoms. The van der Waals surface area contributed by atoms with Crippen LogP contribution >= 0.6 is 0 Å². The molecule has 0 fully saturated rings. The Balaban J connectivity index is 0.000000181. The zero-order valence-corrected chi connectivity index (χ0v) is 9.55. The third kappa shape index (κ3) is 5.82. The van der Waals surface area contributed by atoms with E-state index in [0.717, 1.165) is 0 Å². The van der Waals surface area contributed by atoms with Gasteiger partial charge in [-0.15, -0.1) is 0 Å². The summed E-state index contributed by atoms with van der Waals surface area (Å²) in [6.07, 6.45) is 16.7. The summed E-state index contributed by atoms with van der Waals surface area (Å²) in [5, 5.41) is 0. The van der Waals surface area contributed by atoms with Crippen molar-refractivity contribution < 1.29 is 0 Å². The Hall–Kier alpha value is -1.82. The monoisotopic (exact) mass is 210 g/mol. The van der Waals surface area contributed by atoms with Crippen LogP contribution in [-0.4, -0.2) is 0 Å². The topological polar surface area (TPSA) is 0 Å². The van der Waals surface area contributed by atoms with E-state index in [2.05, 4.69) is 43.0 Å². The fourth-order valence-electron chi connectivity index (χ4n) is 1.29. The molecule has 82 valence electrons. The van der Waals surface area contributed by atoms with Crippen LogP contribution in [0.2, 0.25) is 0 Å². The lowest BCUT2D eigenvalue weighted by molar-refractivity contribution is 1.04. The molecule has 0 amide bonds. The molecule has 1 aromatic rings. The highest BCUT2D eigenvalue weighted by molar-refractivity contribution is 5.50. The average Bonchev–Trinajstić information content (AvgIpc) is 2.40. The van der Waals surface area contributed by atoms with Gasteiger partial charge in [0.2, 0.25) is 0 Å². The zero-order valence-electron chi connectivity index (χ0n) is 9.55. The Kier molecular flexibility index (Phi) is 6.50. The molecule has 0 N–H and O–H groups in total. The van der Waals surface area contributed by atoms with E-state index in [9.17, 15) is 0 Å². The molecule has 0 nitrogen and oxygen atoms in total. The number of hydrogen-bond acceptors (Lipinski definition) is 0. The Labute approximate surface area is 98.3 Å². The number of allylic oxidation sites excluding steroid dienone is 6. The molecule has 0 bridgehead atoms. The SMILES string of the molecule is C1=CCCC=C1.C=CC=Cc1ccccc1. The maximum absolute atomic E-state index is 3.59. The molecule has 1 aliphatic carbocycles. The van der Waals surface area contributed by atoms with E-state index in [1.807, 2.05) is 30.4 Å². The Morgan fingerprint density at radius 2 is 1.56 bits per heavy atom. The van der Waals surface area contributed by atoms with E-state index in [4.69, 9.17) is 0 Å². The Morgan fingerprint density at radius 1 is 0.938 bits per heavy atom. The summed E-state index contributed by atoms with van der Waals surface area (Å²) >= 11 is 0. The predicted octanol–water partition coefficient (Wildman–Crippen LogP) is 4.78. The van der Waals surface area contributed by atoms with Gasteiger partial charge < -0.3 is 0 Å². The van der Waals surface area contributed by atoms with E-state index in [1.165, 1.54) is 18.4 Å². The standard InChI is InChI=1S/C10H10.C6H8/c1-2-3-7-10-8-5-4-6-9-10;1-2-4-6-5-3-1/h2-9H,1H2;1-4H,5-6H2. The van der Waals surface area contributed by atoms with E-state index in [-0.39, 0.29) is 0 Å². The lowest BCUT2D eigenvalue weighted by atomic mass is 10.2. The molecule has 1 aromatic carbocycles. The third-order valence-electron chi connectivity index (χ3n) is 2.11. The van der Waals surface area contributed by atoms with Crippen LogP contribution in [-0.2, 0) is 0 Å². The number of benzene rings is 1. The molecule has 0 saturated carbocycles. The van der Waals surface area contributed by atoms with Crippen LogP contribution in [0.25, 0.3) is 6.08 Å². The molecule has 16 heavy (non-hydrogen) atoms. The van der Waals surface area contributed by atoms with Gasteiger partial charge in [0.1, 0.15) is 0 Å². The van der Waals surface area contributed by atoms with Crippen LogP contribution in [0.1, 0.15) is 18.4 Å². The molecular weight excluding hydrogens is 192 g/mol. The smallest absolute Gasteiger partial charge is 0.0257 e. The van der Waals surface area contributed by atoms with Gasteiger partial charge in [-0.3, -0.25) is 0 Å². The second kappa shape index (κ2) is 8.49. The summed E-state index contributed by atoms with van der Waals surface area (Å²) in [4.78, 5) is 0.